The van der Waals surface area contributed by atoms with E-state index in [0.29, 0.717) is 23.3 Å². The molecule has 0 bridgehead atoms. The summed E-state index contributed by atoms with van der Waals surface area (Å²) in [4.78, 5) is 15.8. The Morgan fingerprint density at radius 1 is 1.06 bits per heavy atom. The molecular weight excluding hydrogens is 400 g/mol. The van der Waals surface area contributed by atoms with Crippen molar-refractivity contribution in [2.75, 3.05) is 0 Å². The maximum Gasteiger partial charge on any atom is 0.335 e. The van der Waals surface area contributed by atoms with Crippen molar-refractivity contribution in [1.29, 1.82) is 0 Å². The van der Waals surface area contributed by atoms with Crippen molar-refractivity contribution in [3.8, 4) is 0 Å². The first kappa shape index (κ1) is 20.7. The number of aromatic nitrogens is 2. The Hall–Kier alpha value is -1.88. The molecule has 2 aromatic heterocycles. The first-order valence-electron chi connectivity index (χ1n) is 12.6. The highest BCUT2D eigenvalue weighted by molar-refractivity contribution is 5.27. The Morgan fingerprint density at radius 2 is 1.94 bits per heavy atom. The summed E-state index contributed by atoms with van der Waals surface area (Å²) in [5, 5.41) is 12.4. The Bertz CT molecular complexity index is 1030. The molecule has 32 heavy (non-hydrogen) atoms. The van der Waals surface area contributed by atoms with Gasteiger partial charge in [-0.3, -0.25) is 0 Å². The van der Waals surface area contributed by atoms with E-state index in [-0.39, 0.29) is 17.0 Å². The van der Waals surface area contributed by atoms with E-state index in [1.54, 1.807) is 6.26 Å². The number of imidazole rings is 1. The highest BCUT2D eigenvalue weighted by Gasteiger charge is 2.67. The van der Waals surface area contributed by atoms with Gasteiger partial charge in [0.15, 0.2) is 0 Å². The van der Waals surface area contributed by atoms with Gasteiger partial charge >= 0.3 is 5.63 Å². The zero-order chi connectivity index (χ0) is 22.1. The Kier molecular flexibility index (Phi) is 4.57. The van der Waals surface area contributed by atoms with Crippen molar-refractivity contribution >= 4 is 0 Å². The molecule has 8 atom stereocenters. The van der Waals surface area contributed by atoms with Crippen LogP contribution in [-0.4, -0.2) is 20.3 Å². The third-order valence-electron chi connectivity index (χ3n) is 10.9. The van der Waals surface area contributed by atoms with E-state index in [1.165, 1.54) is 38.2 Å². The summed E-state index contributed by atoms with van der Waals surface area (Å²) in [6, 6.07) is 4.04. The quantitative estimate of drug-likeness (QED) is 0.692. The predicted molar refractivity (Wildman–Crippen MR) is 122 cm³/mol. The van der Waals surface area contributed by atoms with Crippen molar-refractivity contribution in [1.82, 2.24) is 9.55 Å². The largest absolute Gasteiger partial charge is 0.431 e. The molecule has 0 amide bonds. The summed E-state index contributed by atoms with van der Waals surface area (Å²) in [5.74, 6) is 1.99. The molecule has 1 N–H and O–H groups in total. The van der Waals surface area contributed by atoms with Crippen LogP contribution in [0.15, 0.2) is 46.3 Å². The maximum atomic E-state index is 12.4. The zero-order valence-electron chi connectivity index (χ0n) is 19.4. The Labute approximate surface area is 190 Å². The van der Waals surface area contributed by atoms with E-state index >= 15 is 0 Å². The van der Waals surface area contributed by atoms with E-state index in [2.05, 4.69) is 29.6 Å². The molecule has 0 aliphatic heterocycles. The SMILES string of the molecule is C[C@]12CC[C@H](n3ccnc3)C[C@H]1CC[C@@H]1[C@@H]2CC[C@]2(C)[C@@H](c3ccc(=O)oc3)CC[C@]12O. The van der Waals surface area contributed by atoms with E-state index < -0.39 is 5.60 Å². The van der Waals surface area contributed by atoms with Crippen LogP contribution >= 0.6 is 0 Å². The number of aliphatic hydroxyl groups is 1. The van der Waals surface area contributed by atoms with Gasteiger partial charge in [-0.25, -0.2) is 9.78 Å². The molecule has 4 saturated carbocycles. The molecule has 2 aromatic rings. The molecule has 5 heteroatoms. The average molecular weight is 437 g/mol. The fourth-order valence-corrected chi connectivity index (χ4v) is 9.06. The van der Waals surface area contributed by atoms with Crippen LogP contribution in [-0.2, 0) is 0 Å². The fraction of sp³-hybridized carbons (Fsp3) is 0.704. The summed E-state index contributed by atoms with van der Waals surface area (Å²) in [7, 11) is 0. The van der Waals surface area contributed by atoms with Crippen LogP contribution in [0.5, 0.6) is 0 Å². The number of nitrogens with zero attached hydrogens (tertiary/aromatic N) is 2. The lowest BCUT2D eigenvalue weighted by atomic mass is 9.43. The highest BCUT2D eigenvalue weighted by Crippen LogP contribution is 2.70. The standard InChI is InChI=1S/C27H36N2O3/c1-25-10-7-20(29-14-13-28-17-29)15-19(25)4-5-23-22(25)8-11-26(2)21(9-12-27(23,26)31)18-3-6-24(30)32-16-18/h3,6,13-14,16-17,19-23,31H,4-5,7-12,15H2,1-2H3/t19-,20+,21-,22+,23-,25+,26-,27+/m1/s1. The van der Waals surface area contributed by atoms with Crippen LogP contribution in [0.1, 0.15) is 89.2 Å². The summed E-state index contributed by atoms with van der Waals surface area (Å²) < 4.78 is 7.54. The van der Waals surface area contributed by atoms with Crippen LogP contribution in [0.3, 0.4) is 0 Å². The van der Waals surface area contributed by atoms with E-state index in [9.17, 15) is 9.90 Å². The molecule has 0 saturated heterocycles. The minimum atomic E-state index is -0.619. The van der Waals surface area contributed by atoms with Gasteiger partial charge in [-0.1, -0.05) is 13.8 Å². The average Bonchev–Trinajstić information content (AvgIpc) is 3.41. The van der Waals surface area contributed by atoms with Gasteiger partial charge in [0, 0.05) is 29.9 Å². The zero-order valence-corrected chi connectivity index (χ0v) is 19.4. The van der Waals surface area contributed by atoms with Crippen LogP contribution in [0.2, 0.25) is 0 Å². The van der Waals surface area contributed by atoms with Gasteiger partial charge in [0.25, 0.3) is 0 Å². The lowest BCUT2D eigenvalue weighted by Gasteiger charge is -2.63. The molecule has 4 aliphatic carbocycles. The molecule has 4 fully saturated rings. The molecule has 5 nitrogen and oxygen atoms in total. The number of rotatable bonds is 2. The van der Waals surface area contributed by atoms with Crippen molar-refractivity contribution in [3.05, 3.63) is 53.1 Å². The third kappa shape index (κ3) is 2.72. The third-order valence-corrected chi connectivity index (χ3v) is 10.9. The lowest BCUT2D eigenvalue weighted by Crippen LogP contribution is -2.61. The summed E-state index contributed by atoms with van der Waals surface area (Å²) in [5.41, 5.74) is 0.349. The first-order valence-corrected chi connectivity index (χ1v) is 12.6. The number of hydrogen-bond donors (Lipinski definition) is 1. The van der Waals surface area contributed by atoms with Gasteiger partial charge in [0.05, 0.1) is 18.2 Å². The molecule has 0 aromatic carbocycles. The second-order valence-electron chi connectivity index (χ2n) is 11.8. The van der Waals surface area contributed by atoms with E-state index in [1.807, 2.05) is 18.6 Å². The number of fused-ring (bicyclic) bond motifs is 5. The lowest BCUT2D eigenvalue weighted by molar-refractivity contribution is -0.202. The van der Waals surface area contributed by atoms with Gasteiger partial charge in [0.1, 0.15) is 0 Å². The minimum Gasteiger partial charge on any atom is -0.431 e. The molecule has 0 spiro atoms. The maximum absolute atomic E-state index is 12.4. The van der Waals surface area contributed by atoms with Gasteiger partial charge in [-0.2, -0.15) is 0 Å². The monoisotopic (exact) mass is 436 g/mol. The van der Waals surface area contributed by atoms with Crippen molar-refractivity contribution < 1.29 is 9.52 Å². The molecule has 172 valence electrons. The summed E-state index contributed by atoms with van der Waals surface area (Å²) in [6.45, 7) is 4.86. The van der Waals surface area contributed by atoms with Crippen LogP contribution in [0.25, 0.3) is 0 Å². The minimum absolute atomic E-state index is 0.148. The second kappa shape index (κ2) is 7.06. The second-order valence-corrected chi connectivity index (χ2v) is 11.8. The van der Waals surface area contributed by atoms with Crippen LogP contribution in [0.4, 0.5) is 0 Å². The molecule has 6 rings (SSSR count). The van der Waals surface area contributed by atoms with Gasteiger partial charge in [0.2, 0.25) is 0 Å². The molecular formula is C27H36N2O3. The van der Waals surface area contributed by atoms with E-state index in [0.717, 1.165) is 37.2 Å². The van der Waals surface area contributed by atoms with Gasteiger partial charge in [-0.05, 0) is 98.5 Å². The number of hydrogen-bond acceptors (Lipinski definition) is 4. The van der Waals surface area contributed by atoms with Gasteiger partial charge < -0.3 is 14.1 Å². The topological polar surface area (TPSA) is 68.3 Å². The van der Waals surface area contributed by atoms with Crippen molar-refractivity contribution in [2.45, 2.75) is 89.2 Å². The molecule has 2 heterocycles. The molecule has 0 unspecified atom stereocenters. The molecule has 4 aliphatic rings. The van der Waals surface area contributed by atoms with E-state index in [4.69, 9.17) is 4.42 Å². The van der Waals surface area contributed by atoms with Crippen molar-refractivity contribution in [2.24, 2.45) is 28.6 Å². The first-order chi connectivity index (χ1) is 15.3. The summed E-state index contributed by atoms with van der Waals surface area (Å²) in [6.07, 6.45) is 17.8. The van der Waals surface area contributed by atoms with Gasteiger partial charge in [-0.15, -0.1) is 0 Å². The normalized spacial score (nSPS) is 45.7. The Morgan fingerprint density at radius 3 is 2.69 bits per heavy atom. The predicted octanol–water partition coefficient (Wildman–Crippen LogP) is 5.32. The molecule has 0 radical (unpaired) electrons. The van der Waals surface area contributed by atoms with Crippen molar-refractivity contribution in [3.63, 3.8) is 0 Å². The fourth-order valence-electron chi connectivity index (χ4n) is 9.06. The Balaban J connectivity index is 1.28. The highest BCUT2D eigenvalue weighted by atomic mass is 16.4. The van der Waals surface area contributed by atoms with Crippen LogP contribution < -0.4 is 5.63 Å². The van der Waals surface area contributed by atoms with Crippen LogP contribution in [0, 0.1) is 28.6 Å². The smallest absolute Gasteiger partial charge is 0.335 e. The summed E-state index contributed by atoms with van der Waals surface area (Å²) >= 11 is 0.